The molecule has 0 radical (unpaired) electrons. The van der Waals surface area contributed by atoms with Gasteiger partial charge in [0.25, 0.3) is 5.69 Å². The van der Waals surface area contributed by atoms with E-state index in [9.17, 15) is 10.1 Å². The molecule has 0 atom stereocenters. The standard InChI is InChI=1S/C15H14BrNO4/c16-15-12(5-4-8-14(15)17(18)19)11-20-9-10-21-13-6-2-1-3-7-13/h1-8H,9-11H2. The number of ether oxygens (including phenoxy) is 2. The van der Waals surface area contributed by atoms with Gasteiger partial charge in [0.2, 0.25) is 0 Å². The highest BCUT2D eigenvalue weighted by molar-refractivity contribution is 9.10. The van der Waals surface area contributed by atoms with E-state index in [-0.39, 0.29) is 5.69 Å². The van der Waals surface area contributed by atoms with E-state index in [0.717, 1.165) is 11.3 Å². The van der Waals surface area contributed by atoms with Gasteiger partial charge in [-0.05, 0) is 33.6 Å². The monoisotopic (exact) mass is 351 g/mol. The molecule has 110 valence electrons. The number of nitro benzene ring substituents is 1. The van der Waals surface area contributed by atoms with Crippen LogP contribution in [0.1, 0.15) is 5.56 Å². The summed E-state index contributed by atoms with van der Waals surface area (Å²) >= 11 is 3.23. The number of hydrogen-bond donors (Lipinski definition) is 0. The van der Waals surface area contributed by atoms with E-state index in [1.54, 1.807) is 12.1 Å². The van der Waals surface area contributed by atoms with Crippen LogP contribution in [0.5, 0.6) is 5.75 Å². The third-order valence-electron chi connectivity index (χ3n) is 2.75. The Bertz CT molecular complexity index is 604. The van der Waals surface area contributed by atoms with Crippen molar-refractivity contribution >= 4 is 21.6 Å². The molecule has 2 aromatic rings. The average Bonchev–Trinajstić information content (AvgIpc) is 2.49. The van der Waals surface area contributed by atoms with Gasteiger partial charge in [-0.25, -0.2) is 0 Å². The summed E-state index contributed by atoms with van der Waals surface area (Å²) in [5.41, 5.74) is 0.778. The second-order valence-corrected chi connectivity index (χ2v) is 5.01. The highest BCUT2D eigenvalue weighted by Crippen LogP contribution is 2.28. The zero-order chi connectivity index (χ0) is 15.1. The van der Waals surface area contributed by atoms with Crippen LogP contribution in [0, 0.1) is 10.1 Å². The quantitative estimate of drug-likeness (QED) is 0.430. The topological polar surface area (TPSA) is 61.6 Å². The van der Waals surface area contributed by atoms with Gasteiger partial charge in [-0.2, -0.15) is 0 Å². The summed E-state index contributed by atoms with van der Waals surface area (Å²) in [5.74, 6) is 0.789. The van der Waals surface area contributed by atoms with Gasteiger partial charge in [-0.15, -0.1) is 0 Å². The lowest BCUT2D eigenvalue weighted by atomic mass is 10.2. The summed E-state index contributed by atoms with van der Waals surface area (Å²) in [6, 6.07) is 14.3. The SMILES string of the molecule is O=[N+]([O-])c1cccc(COCCOc2ccccc2)c1Br. The Hall–Kier alpha value is -1.92. The molecule has 0 unspecified atom stereocenters. The molecule has 0 saturated carbocycles. The molecule has 0 spiro atoms. The van der Waals surface area contributed by atoms with E-state index in [0.29, 0.717) is 24.3 Å². The van der Waals surface area contributed by atoms with Crippen LogP contribution in [0.15, 0.2) is 53.0 Å². The summed E-state index contributed by atoms with van der Waals surface area (Å²) in [6.45, 7) is 1.13. The first-order valence-electron chi connectivity index (χ1n) is 6.36. The largest absolute Gasteiger partial charge is 0.491 e. The van der Waals surface area contributed by atoms with Gasteiger partial charge in [-0.3, -0.25) is 10.1 Å². The van der Waals surface area contributed by atoms with Crippen LogP contribution < -0.4 is 4.74 Å². The minimum atomic E-state index is -0.425. The summed E-state index contributed by atoms with van der Waals surface area (Å²) in [7, 11) is 0. The summed E-state index contributed by atoms with van der Waals surface area (Å²) in [4.78, 5) is 10.4. The smallest absolute Gasteiger partial charge is 0.283 e. The van der Waals surface area contributed by atoms with E-state index in [2.05, 4.69) is 15.9 Å². The lowest BCUT2D eigenvalue weighted by Crippen LogP contribution is -2.07. The molecule has 5 nitrogen and oxygen atoms in total. The van der Waals surface area contributed by atoms with Crippen molar-refractivity contribution in [1.29, 1.82) is 0 Å². The van der Waals surface area contributed by atoms with Crippen LogP contribution in [0.4, 0.5) is 5.69 Å². The molecule has 0 N–H and O–H groups in total. The van der Waals surface area contributed by atoms with Crippen LogP contribution in [-0.2, 0) is 11.3 Å². The van der Waals surface area contributed by atoms with Crippen molar-refractivity contribution in [3.8, 4) is 5.75 Å². The predicted molar refractivity (Wildman–Crippen MR) is 82.4 cm³/mol. The molecule has 0 bridgehead atoms. The van der Waals surface area contributed by atoms with E-state index in [1.807, 2.05) is 30.3 Å². The molecular weight excluding hydrogens is 338 g/mol. The number of benzene rings is 2. The second kappa shape index (κ2) is 7.75. The molecule has 0 amide bonds. The van der Waals surface area contributed by atoms with Crippen LogP contribution in [0.2, 0.25) is 0 Å². The third-order valence-corrected chi connectivity index (χ3v) is 3.67. The van der Waals surface area contributed by atoms with E-state index < -0.39 is 4.92 Å². The Morgan fingerprint density at radius 2 is 1.81 bits per heavy atom. The average molecular weight is 352 g/mol. The molecular formula is C15H14BrNO4. The van der Waals surface area contributed by atoms with Gasteiger partial charge in [0.05, 0.1) is 18.1 Å². The fourth-order valence-electron chi connectivity index (χ4n) is 1.74. The van der Waals surface area contributed by atoms with E-state index in [4.69, 9.17) is 9.47 Å². The molecule has 2 rings (SSSR count). The van der Waals surface area contributed by atoms with Gasteiger partial charge in [-0.1, -0.05) is 30.3 Å². The fraction of sp³-hybridized carbons (Fsp3) is 0.200. The highest BCUT2D eigenvalue weighted by Gasteiger charge is 2.14. The lowest BCUT2D eigenvalue weighted by Gasteiger charge is -2.08. The van der Waals surface area contributed by atoms with Crippen molar-refractivity contribution in [2.75, 3.05) is 13.2 Å². The Kier molecular flexibility index (Phi) is 5.71. The summed E-state index contributed by atoms with van der Waals surface area (Å²) < 4.78 is 11.4. The van der Waals surface area contributed by atoms with Crippen LogP contribution in [0.3, 0.4) is 0 Å². The van der Waals surface area contributed by atoms with Crippen molar-refractivity contribution < 1.29 is 14.4 Å². The molecule has 21 heavy (non-hydrogen) atoms. The molecule has 0 heterocycles. The first kappa shape index (κ1) is 15.5. The van der Waals surface area contributed by atoms with Gasteiger partial charge in [0.1, 0.15) is 16.8 Å². The van der Waals surface area contributed by atoms with Crippen LogP contribution in [0.25, 0.3) is 0 Å². The fourth-order valence-corrected chi connectivity index (χ4v) is 2.26. The van der Waals surface area contributed by atoms with Gasteiger partial charge < -0.3 is 9.47 Å². The normalized spacial score (nSPS) is 10.3. The Balaban J connectivity index is 1.79. The molecule has 6 heteroatoms. The molecule has 0 aromatic heterocycles. The first-order chi connectivity index (χ1) is 10.2. The van der Waals surface area contributed by atoms with Gasteiger partial charge >= 0.3 is 0 Å². The van der Waals surface area contributed by atoms with E-state index >= 15 is 0 Å². The van der Waals surface area contributed by atoms with Gasteiger partial charge in [0.15, 0.2) is 0 Å². The number of hydrogen-bond acceptors (Lipinski definition) is 4. The minimum Gasteiger partial charge on any atom is -0.491 e. The predicted octanol–water partition coefficient (Wildman–Crippen LogP) is 3.95. The molecule has 0 aliphatic carbocycles. The number of para-hydroxylation sites is 1. The molecule has 0 aliphatic heterocycles. The maximum atomic E-state index is 10.8. The summed E-state index contributed by atoms with van der Waals surface area (Å²) in [6.07, 6.45) is 0. The van der Waals surface area contributed by atoms with Crippen LogP contribution >= 0.6 is 15.9 Å². The number of halogens is 1. The van der Waals surface area contributed by atoms with Crippen molar-refractivity contribution in [2.45, 2.75) is 6.61 Å². The number of rotatable bonds is 7. The Labute approximate surface area is 130 Å². The minimum absolute atomic E-state index is 0.0386. The summed E-state index contributed by atoms with van der Waals surface area (Å²) in [5, 5.41) is 10.8. The maximum Gasteiger partial charge on any atom is 0.283 e. The van der Waals surface area contributed by atoms with E-state index in [1.165, 1.54) is 6.07 Å². The number of nitrogens with zero attached hydrogens (tertiary/aromatic N) is 1. The lowest BCUT2D eigenvalue weighted by molar-refractivity contribution is -0.385. The van der Waals surface area contributed by atoms with Gasteiger partial charge in [0, 0.05) is 6.07 Å². The third kappa shape index (κ3) is 4.54. The molecule has 0 aliphatic rings. The van der Waals surface area contributed by atoms with Crippen LogP contribution in [-0.4, -0.2) is 18.1 Å². The van der Waals surface area contributed by atoms with Crippen molar-refractivity contribution in [3.63, 3.8) is 0 Å². The van der Waals surface area contributed by atoms with Crippen molar-refractivity contribution in [2.24, 2.45) is 0 Å². The Morgan fingerprint density at radius 3 is 2.52 bits per heavy atom. The zero-order valence-corrected chi connectivity index (χ0v) is 12.8. The number of nitro groups is 1. The van der Waals surface area contributed by atoms with Crippen molar-refractivity contribution in [3.05, 3.63) is 68.7 Å². The Morgan fingerprint density at radius 1 is 1.05 bits per heavy atom. The maximum absolute atomic E-state index is 10.8. The zero-order valence-electron chi connectivity index (χ0n) is 11.2. The molecule has 0 saturated heterocycles. The first-order valence-corrected chi connectivity index (χ1v) is 7.15. The van der Waals surface area contributed by atoms with Crippen molar-refractivity contribution in [1.82, 2.24) is 0 Å². The second-order valence-electron chi connectivity index (χ2n) is 4.22. The molecule has 0 fully saturated rings. The molecule has 2 aromatic carbocycles. The highest BCUT2D eigenvalue weighted by atomic mass is 79.9.